The summed E-state index contributed by atoms with van der Waals surface area (Å²) >= 11 is 0. The molecule has 5 rings (SSSR count). The summed E-state index contributed by atoms with van der Waals surface area (Å²) in [5.41, 5.74) is 4.32. The van der Waals surface area contributed by atoms with Crippen molar-refractivity contribution in [3.8, 4) is 11.6 Å². The molecule has 5 heterocycles. The molecule has 0 saturated carbocycles. The molecule has 6 nitrogen and oxygen atoms in total. The van der Waals surface area contributed by atoms with Crippen molar-refractivity contribution in [2.45, 2.75) is 6.54 Å². The SMILES string of the molecule is c1cnc2c(c1)C[n+]1c-2oc2c1nc1cccnn12. The zero-order valence-electron chi connectivity index (χ0n) is 9.82. The minimum atomic E-state index is 0.668. The fraction of sp³-hybridized carbons (Fsp3) is 0.0769. The third-order valence-electron chi connectivity index (χ3n) is 3.45. The summed E-state index contributed by atoms with van der Waals surface area (Å²) in [6.07, 6.45) is 3.50. The van der Waals surface area contributed by atoms with Crippen LogP contribution in [0.2, 0.25) is 0 Å². The fourth-order valence-corrected chi connectivity index (χ4v) is 2.62. The molecule has 0 amide bonds. The third-order valence-corrected chi connectivity index (χ3v) is 3.45. The zero-order valence-corrected chi connectivity index (χ0v) is 9.82. The summed E-state index contributed by atoms with van der Waals surface area (Å²) in [4.78, 5) is 8.96. The van der Waals surface area contributed by atoms with Crippen LogP contribution in [0.15, 0.2) is 41.1 Å². The Hall–Kier alpha value is -2.76. The van der Waals surface area contributed by atoms with Crippen LogP contribution in [0.5, 0.6) is 0 Å². The van der Waals surface area contributed by atoms with Gasteiger partial charge in [0.2, 0.25) is 0 Å². The average molecular weight is 250 g/mol. The Morgan fingerprint density at radius 2 is 2.16 bits per heavy atom. The molecule has 0 radical (unpaired) electrons. The Morgan fingerprint density at radius 1 is 1.21 bits per heavy atom. The molecule has 0 aromatic carbocycles. The van der Waals surface area contributed by atoms with Gasteiger partial charge in [0.25, 0.3) is 5.65 Å². The number of imidazole rings is 1. The second kappa shape index (κ2) is 2.97. The molecule has 90 valence electrons. The predicted octanol–water partition coefficient (Wildman–Crippen LogP) is 1.19. The van der Waals surface area contributed by atoms with Gasteiger partial charge in [0, 0.05) is 24.0 Å². The lowest BCUT2D eigenvalue weighted by atomic mass is 10.2. The van der Waals surface area contributed by atoms with E-state index in [1.54, 1.807) is 16.9 Å². The van der Waals surface area contributed by atoms with Crippen molar-refractivity contribution in [2.24, 2.45) is 0 Å². The summed E-state index contributed by atoms with van der Waals surface area (Å²) in [7, 11) is 0. The smallest absolute Gasteiger partial charge is 0.392 e. The van der Waals surface area contributed by atoms with Gasteiger partial charge in [0.05, 0.1) is 0 Å². The van der Waals surface area contributed by atoms with Gasteiger partial charge in [-0.15, -0.1) is 0 Å². The highest BCUT2D eigenvalue weighted by Crippen LogP contribution is 2.28. The second-order valence-corrected chi connectivity index (χ2v) is 4.54. The average Bonchev–Trinajstić information content (AvgIpc) is 3.07. The maximum atomic E-state index is 5.93. The molecule has 0 spiro atoms. The molecule has 0 aliphatic carbocycles. The van der Waals surface area contributed by atoms with Crippen LogP contribution in [-0.4, -0.2) is 19.6 Å². The Balaban J connectivity index is 1.93. The van der Waals surface area contributed by atoms with E-state index in [0.717, 1.165) is 35.0 Å². The number of hydrogen-bond acceptors (Lipinski definition) is 4. The standard InChI is InChI=1S/C13H8N5O/c1-3-8-7-17-11-13(19-12(17)10(8)14-5-1)18-9(16-11)4-2-6-15-18/h1-6H,7H2/q+1. The van der Waals surface area contributed by atoms with Gasteiger partial charge in [-0.2, -0.15) is 14.2 Å². The summed E-state index contributed by atoms with van der Waals surface area (Å²) in [5, 5.41) is 4.26. The molecular weight excluding hydrogens is 242 g/mol. The summed E-state index contributed by atoms with van der Waals surface area (Å²) in [6.45, 7) is 0.745. The third kappa shape index (κ3) is 1.02. The Kier molecular flexibility index (Phi) is 1.44. The normalized spacial score (nSPS) is 13.1. The van der Waals surface area contributed by atoms with E-state index in [-0.39, 0.29) is 0 Å². The topological polar surface area (TPSA) is 60.1 Å². The molecular formula is C13H8N5O+. The van der Waals surface area contributed by atoms with E-state index < -0.39 is 0 Å². The molecule has 0 atom stereocenters. The quantitative estimate of drug-likeness (QED) is 0.387. The van der Waals surface area contributed by atoms with E-state index >= 15 is 0 Å². The molecule has 6 heteroatoms. The molecule has 4 aromatic rings. The summed E-state index contributed by atoms with van der Waals surface area (Å²) < 4.78 is 9.68. The number of nitrogens with zero attached hydrogens (tertiary/aromatic N) is 5. The highest BCUT2D eigenvalue weighted by atomic mass is 16.4. The van der Waals surface area contributed by atoms with E-state index in [1.165, 1.54) is 0 Å². The molecule has 19 heavy (non-hydrogen) atoms. The molecule has 0 saturated heterocycles. The van der Waals surface area contributed by atoms with Crippen LogP contribution in [0.4, 0.5) is 0 Å². The van der Waals surface area contributed by atoms with E-state index in [1.807, 2.05) is 22.8 Å². The van der Waals surface area contributed by atoms with Crippen LogP contribution in [0.3, 0.4) is 0 Å². The van der Waals surface area contributed by atoms with Crippen molar-refractivity contribution in [1.82, 2.24) is 19.6 Å². The van der Waals surface area contributed by atoms with Crippen molar-refractivity contribution >= 4 is 17.0 Å². The van der Waals surface area contributed by atoms with Gasteiger partial charge in [0.15, 0.2) is 5.69 Å². The highest BCUT2D eigenvalue weighted by molar-refractivity contribution is 5.70. The predicted molar refractivity (Wildman–Crippen MR) is 65.3 cm³/mol. The minimum absolute atomic E-state index is 0.668. The molecule has 1 aliphatic heterocycles. The lowest BCUT2D eigenvalue weighted by Crippen LogP contribution is -2.30. The van der Waals surface area contributed by atoms with Crippen LogP contribution < -0.4 is 4.57 Å². The zero-order chi connectivity index (χ0) is 12.4. The number of aromatic nitrogens is 5. The van der Waals surface area contributed by atoms with Crippen molar-refractivity contribution in [2.75, 3.05) is 0 Å². The van der Waals surface area contributed by atoms with Crippen LogP contribution in [0, 0.1) is 0 Å². The fourth-order valence-electron chi connectivity index (χ4n) is 2.62. The Morgan fingerprint density at radius 3 is 3.16 bits per heavy atom. The van der Waals surface area contributed by atoms with E-state index in [4.69, 9.17) is 4.42 Å². The summed E-state index contributed by atoms with van der Waals surface area (Å²) in [5.74, 6) is 0.758. The van der Waals surface area contributed by atoms with Gasteiger partial charge in [-0.1, -0.05) is 6.07 Å². The van der Waals surface area contributed by atoms with Gasteiger partial charge in [-0.05, 0) is 17.1 Å². The number of fused-ring (bicyclic) bond motifs is 7. The first-order valence-electron chi connectivity index (χ1n) is 6.02. The Bertz CT molecular complexity index is 952. The molecule has 0 unspecified atom stereocenters. The Labute approximate surface area is 106 Å². The second-order valence-electron chi connectivity index (χ2n) is 4.54. The number of oxazole rings is 1. The van der Waals surface area contributed by atoms with Crippen LogP contribution in [0.25, 0.3) is 28.6 Å². The van der Waals surface area contributed by atoms with Gasteiger partial charge < -0.3 is 4.42 Å². The van der Waals surface area contributed by atoms with E-state index in [9.17, 15) is 0 Å². The van der Waals surface area contributed by atoms with E-state index in [0.29, 0.717) is 5.71 Å². The van der Waals surface area contributed by atoms with E-state index in [2.05, 4.69) is 21.1 Å². The lowest BCUT2D eigenvalue weighted by Gasteiger charge is -1.90. The van der Waals surface area contributed by atoms with Gasteiger partial charge in [-0.25, -0.2) is 4.98 Å². The van der Waals surface area contributed by atoms with Gasteiger partial charge >= 0.3 is 17.3 Å². The first kappa shape index (κ1) is 9.21. The molecule has 1 aliphatic rings. The van der Waals surface area contributed by atoms with Gasteiger partial charge in [0.1, 0.15) is 6.54 Å². The molecule has 0 bridgehead atoms. The minimum Gasteiger partial charge on any atom is -0.394 e. The van der Waals surface area contributed by atoms with Crippen molar-refractivity contribution in [3.05, 3.63) is 42.2 Å². The maximum absolute atomic E-state index is 5.93. The highest BCUT2D eigenvalue weighted by Gasteiger charge is 2.35. The molecule has 4 aromatic heterocycles. The first-order valence-corrected chi connectivity index (χ1v) is 6.02. The largest absolute Gasteiger partial charge is 0.394 e. The van der Waals surface area contributed by atoms with Crippen LogP contribution >= 0.6 is 0 Å². The maximum Gasteiger partial charge on any atom is 0.392 e. The molecule has 0 fully saturated rings. The number of hydrogen-bond donors (Lipinski definition) is 0. The van der Waals surface area contributed by atoms with Gasteiger partial charge in [-0.3, -0.25) is 0 Å². The molecule has 0 N–H and O–H groups in total. The summed E-state index contributed by atoms with van der Waals surface area (Å²) in [6, 6.07) is 7.77. The first-order chi connectivity index (χ1) is 9.42. The lowest BCUT2D eigenvalue weighted by molar-refractivity contribution is -0.651. The monoisotopic (exact) mass is 250 g/mol. The van der Waals surface area contributed by atoms with Crippen LogP contribution in [-0.2, 0) is 6.54 Å². The van der Waals surface area contributed by atoms with Crippen molar-refractivity contribution < 1.29 is 8.98 Å². The van der Waals surface area contributed by atoms with Crippen LogP contribution in [0.1, 0.15) is 5.56 Å². The van der Waals surface area contributed by atoms with Crippen molar-refractivity contribution in [1.29, 1.82) is 0 Å². The number of pyridine rings is 1. The number of rotatable bonds is 0. The van der Waals surface area contributed by atoms with Crippen molar-refractivity contribution in [3.63, 3.8) is 0 Å².